The molecule has 0 aromatic heterocycles. The van der Waals surface area contributed by atoms with Gasteiger partial charge in [0.2, 0.25) is 5.91 Å². The molecule has 0 atom stereocenters. The van der Waals surface area contributed by atoms with Gasteiger partial charge in [0, 0.05) is 27.7 Å². The number of benzene rings is 1. The third-order valence-corrected chi connectivity index (χ3v) is 3.52. The lowest BCUT2D eigenvalue weighted by Crippen LogP contribution is -2.46. The number of carbonyl (C=O) groups is 1. The minimum atomic E-state index is -0.280. The van der Waals surface area contributed by atoms with Crippen molar-refractivity contribution in [3.05, 3.63) is 39.9 Å². The van der Waals surface area contributed by atoms with Crippen molar-refractivity contribution >= 4 is 35.2 Å². The van der Waals surface area contributed by atoms with E-state index >= 15 is 0 Å². The summed E-state index contributed by atoms with van der Waals surface area (Å²) in [4.78, 5) is 11.6. The number of aliphatic hydroxyl groups is 1. The molecule has 1 aromatic carbocycles. The molecule has 1 aliphatic carbocycles. The van der Waals surface area contributed by atoms with E-state index in [1.807, 2.05) is 0 Å². The molecule has 2 N–H and O–H groups in total. The number of carbonyl (C=O) groups excluding carboxylic acids is 1. The van der Waals surface area contributed by atoms with Crippen LogP contribution in [0.15, 0.2) is 24.3 Å². The van der Waals surface area contributed by atoms with Crippen molar-refractivity contribution in [3.8, 4) is 0 Å². The Hall–Kier alpha value is -1.03. The third kappa shape index (κ3) is 3.25. The third-order valence-electron chi connectivity index (χ3n) is 2.86. The first-order valence-corrected chi connectivity index (χ1v) is 6.42. The first-order valence-electron chi connectivity index (χ1n) is 5.67. The van der Waals surface area contributed by atoms with Crippen LogP contribution in [0.25, 0.3) is 6.08 Å². The van der Waals surface area contributed by atoms with E-state index in [-0.39, 0.29) is 18.1 Å². The Balaban J connectivity index is 1.96. The Morgan fingerprint density at radius 2 is 1.94 bits per heavy atom. The lowest BCUT2D eigenvalue weighted by Gasteiger charge is -2.31. The molecule has 2 rings (SSSR count). The summed E-state index contributed by atoms with van der Waals surface area (Å²) >= 11 is 12.0. The number of nitrogens with one attached hydrogen (secondary N) is 1. The number of hydrogen-bond donors (Lipinski definition) is 2. The number of hydrogen-bond acceptors (Lipinski definition) is 2. The van der Waals surface area contributed by atoms with Gasteiger partial charge < -0.3 is 10.4 Å². The Morgan fingerprint density at radius 1 is 1.33 bits per heavy atom. The quantitative estimate of drug-likeness (QED) is 0.839. The summed E-state index contributed by atoms with van der Waals surface area (Å²) in [6, 6.07) is 5.25. The predicted molar refractivity (Wildman–Crippen MR) is 72.7 cm³/mol. The molecule has 0 bridgehead atoms. The molecule has 0 unspecified atom stereocenters. The monoisotopic (exact) mass is 285 g/mol. The van der Waals surface area contributed by atoms with Gasteiger partial charge in [0.05, 0.1) is 6.10 Å². The maximum Gasteiger partial charge on any atom is 0.244 e. The summed E-state index contributed by atoms with van der Waals surface area (Å²) in [6.07, 6.45) is 3.95. The molecule has 1 fully saturated rings. The molecule has 1 aliphatic rings. The zero-order valence-electron chi connectivity index (χ0n) is 9.57. The van der Waals surface area contributed by atoms with Crippen LogP contribution in [0.2, 0.25) is 10.0 Å². The van der Waals surface area contributed by atoms with Crippen LogP contribution in [0.4, 0.5) is 0 Å². The minimum Gasteiger partial charge on any atom is -0.393 e. The largest absolute Gasteiger partial charge is 0.393 e. The molecule has 0 spiro atoms. The average molecular weight is 286 g/mol. The fourth-order valence-electron chi connectivity index (χ4n) is 1.78. The zero-order valence-corrected chi connectivity index (χ0v) is 11.1. The maximum atomic E-state index is 11.6. The summed E-state index contributed by atoms with van der Waals surface area (Å²) in [5.74, 6) is -0.206. The lowest BCUT2D eigenvalue weighted by molar-refractivity contribution is -0.118. The van der Waals surface area contributed by atoms with Crippen LogP contribution in [0, 0.1) is 0 Å². The van der Waals surface area contributed by atoms with E-state index in [1.165, 1.54) is 6.08 Å². The molecular weight excluding hydrogens is 273 g/mol. The molecular formula is C13H13Cl2NO2. The second-order valence-electron chi connectivity index (χ2n) is 4.30. The Morgan fingerprint density at radius 3 is 2.50 bits per heavy atom. The van der Waals surface area contributed by atoms with E-state index in [9.17, 15) is 4.79 Å². The van der Waals surface area contributed by atoms with E-state index in [2.05, 4.69) is 5.32 Å². The molecule has 96 valence electrons. The van der Waals surface area contributed by atoms with Gasteiger partial charge in [-0.15, -0.1) is 0 Å². The van der Waals surface area contributed by atoms with Crippen molar-refractivity contribution in [3.63, 3.8) is 0 Å². The average Bonchev–Trinajstić information content (AvgIpc) is 2.26. The van der Waals surface area contributed by atoms with Crippen molar-refractivity contribution in [2.45, 2.75) is 25.0 Å². The predicted octanol–water partition coefficient (Wildman–Crippen LogP) is 2.65. The van der Waals surface area contributed by atoms with Crippen molar-refractivity contribution in [1.82, 2.24) is 5.32 Å². The van der Waals surface area contributed by atoms with Crippen LogP contribution in [0.1, 0.15) is 18.4 Å². The Kier molecular flexibility index (Phi) is 4.27. The smallest absolute Gasteiger partial charge is 0.244 e. The molecule has 1 saturated carbocycles. The highest BCUT2D eigenvalue weighted by atomic mass is 35.5. The minimum absolute atomic E-state index is 0.0684. The van der Waals surface area contributed by atoms with Crippen molar-refractivity contribution in [2.24, 2.45) is 0 Å². The molecule has 0 heterocycles. The Bertz CT molecular complexity index is 462. The second-order valence-corrected chi connectivity index (χ2v) is 5.11. The standard InChI is InChI=1S/C13H13Cl2NO2/c14-11-2-1-3-12(15)10(11)4-5-13(18)16-8-6-9(17)7-8/h1-5,8-9,17H,6-7H2,(H,16,18). The van der Waals surface area contributed by atoms with Crippen molar-refractivity contribution < 1.29 is 9.90 Å². The first kappa shape index (κ1) is 13.4. The highest BCUT2D eigenvalue weighted by molar-refractivity contribution is 6.37. The van der Waals surface area contributed by atoms with E-state index < -0.39 is 0 Å². The van der Waals surface area contributed by atoms with Crippen molar-refractivity contribution in [2.75, 3.05) is 0 Å². The van der Waals surface area contributed by atoms with Gasteiger partial charge >= 0.3 is 0 Å². The van der Waals surface area contributed by atoms with Crippen LogP contribution in [0.3, 0.4) is 0 Å². The summed E-state index contributed by atoms with van der Waals surface area (Å²) in [7, 11) is 0. The van der Waals surface area contributed by atoms with E-state index in [0.29, 0.717) is 28.5 Å². The fourth-order valence-corrected chi connectivity index (χ4v) is 2.31. The topological polar surface area (TPSA) is 49.3 Å². The van der Waals surface area contributed by atoms with Gasteiger partial charge in [0.15, 0.2) is 0 Å². The first-order chi connectivity index (χ1) is 8.56. The summed E-state index contributed by atoms with van der Waals surface area (Å²) in [5.41, 5.74) is 0.629. The van der Waals surface area contributed by atoms with Gasteiger partial charge in [-0.1, -0.05) is 29.3 Å². The molecule has 0 radical (unpaired) electrons. The van der Waals surface area contributed by atoms with Gasteiger partial charge in [-0.25, -0.2) is 0 Å². The number of amides is 1. The van der Waals surface area contributed by atoms with Gasteiger partial charge in [-0.05, 0) is 31.1 Å². The SMILES string of the molecule is O=C(C=Cc1c(Cl)cccc1Cl)NC1CC(O)C1. The molecule has 1 aromatic rings. The number of halogens is 2. The van der Waals surface area contributed by atoms with Crippen LogP contribution < -0.4 is 5.32 Å². The number of aliphatic hydroxyl groups excluding tert-OH is 1. The van der Waals surface area contributed by atoms with Gasteiger partial charge in [-0.3, -0.25) is 4.79 Å². The van der Waals surface area contributed by atoms with Gasteiger partial charge in [-0.2, -0.15) is 0 Å². The van der Waals surface area contributed by atoms with Crippen LogP contribution >= 0.6 is 23.2 Å². The summed E-state index contributed by atoms with van der Waals surface area (Å²) in [6.45, 7) is 0. The molecule has 3 nitrogen and oxygen atoms in total. The lowest BCUT2D eigenvalue weighted by atomic mass is 9.89. The molecule has 0 aliphatic heterocycles. The van der Waals surface area contributed by atoms with E-state index in [4.69, 9.17) is 28.3 Å². The van der Waals surface area contributed by atoms with Crippen LogP contribution in [0.5, 0.6) is 0 Å². The van der Waals surface area contributed by atoms with E-state index in [0.717, 1.165) is 0 Å². The molecule has 5 heteroatoms. The van der Waals surface area contributed by atoms with Crippen LogP contribution in [-0.4, -0.2) is 23.2 Å². The van der Waals surface area contributed by atoms with Gasteiger partial charge in [0.25, 0.3) is 0 Å². The molecule has 0 saturated heterocycles. The second kappa shape index (κ2) is 5.74. The highest BCUT2D eigenvalue weighted by Gasteiger charge is 2.27. The van der Waals surface area contributed by atoms with Crippen molar-refractivity contribution in [1.29, 1.82) is 0 Å². The molecule has 1 amide bonds. The molecule has 18 heavy (non-hydrogen) atoms. The normalized spacial score (nSPS) is 22.8. The number of rotatable bonds is 3. The van der Waals surface area contributed by atoms with Gasteiger partial charge in [0.1, 0.15) is 0 Å². The van der Waals surface area contributed by atoms with E-state index in [1.54, 1.807) is 24.3 Å². The maximum absolute atomic E-state index is 11.6. The Labute approximate surface area is 115 Å². The summed E-state index contributed by atoms with van der Waals surface area (Å²) in [5, 5.41) is 12.9. The van der Waals surface area contributed by atoms with Crippen LogP contribution in [-0.2, 0) is 4.79 Å². The zero-order chi connectivity index (χ0) is 13.1. The fraction of sp³-hybridized carbons (Fsp3) is 0.308. The highest BCUT2D eigenvalue weighted by Crippen LogP contribution is 2.25. The summed E-state index contributed by atoms with van der Waals surface area (Å²) < 4.78 is 0.